The van der Waals surface area contributed by atoms with Gasteiger partial charge in [0.25, 0.3) is 0 Å². The maximum atomic E-state index is 2.39. The molecule has 0 bridgehead atoms. The maximum absolute atomic E-state index is 2.39. The SMILES string of the molecule is c1ccc(-c2cccc(N(c3ccc(-c4ccc(-c5cccc(-c6ccc7ccccc7c6)c5)cc4)cc3)c3cc(-c4ccccc4)cc(-c4ccccc4)c3)c2)cc1. The first kappa shape index (κ1) is 35.7. The van der Waals surface area contributed by atoms with E-state index in [1.54, 1.807) is 0 Å². The third-order valence-corrected chi connectivity index (χ3v) is 11.2. The second kappa shape index (κ2) is 16.0. The molecule has 10 aromatic rings. The quantitative estimate of drug-likeness (QED) is 0.142. The van der Waals surface area contributed by atoms with Gasteiger partial charge in [-0.05, 0) is 132 Å². The Morgan fingerprint density at radius 2 is 0.525 bits per heavy atom. The molecule has 1 heteroatoms. The fourth-order valence-electron chi connectivity index (χ4n) is 8.14. The van der Waals surface area contributed by atoms with Crippen molar-refractivity contribution >= 4 is 27.8 Å². The highest BCUT2D eigenvalue weighted by molar-refractivity contribution is 5.89. The van der Waals surface area contributed by atoms with Gasteiger partial charge in [0.05, 0.1) is 0 Å². The van der Waals surface area contributed by atoms with Gasteiger partial charge in [-0.1, -0.05) is 194 Å². The Labute approximate surface area is 346 Å². The summed E-state index contributed by atoms with van der Waals surface area (Å²) >= 11 is 0. The summed E-state index contributed by atoms with van der Waals surface area (Å²) < 4.78 is 0. The number of hydrogen-bond acceptors (Lipinski definition) is 1. The van der Waals surface area contributed by atoms with Crippen LogP contribution in [-0.4, -0.2) is 0 Å². The fourth-order valence-corrected chi connectivity index (χ4v) is 8.14. The Bertz CT molecular complexity index is 2950. The largest absolute Gasteiger partial charge is 0.310 e. The smallest absolute Gasteiger partial charge is 0.0473 e. The summed E-state index contributed by atoms with van der Waals surface area (Å²) in [4.78, 5) is 2.39. The molecule has 0 fully saturated rings. The van der Waals surface area contributed by atoms with E-state index in [2.05, 4.69) is 254 Å². The van der Waals surface area contributed by atoms with E-state index in [1.165, 1.54) is 77.5 Å². The second-order valence-electron chi connectivity index (χ2n) is 15.0. The summed E-state index contributed by atoms with van der Waals surface area (Å²) in [5.74, 6) is 0. The molecule has 0 N–H and O–H groups in total. The highest BCUT2D eigenvalue weighted by atomic mass is 15.1. The minimum Gasteiger partial charge on any atom is -0.310 e. The Balaban J connectivity index is 1.01. The molecule has 0 heterocycles. The van der Waals surface area contributed by atoms with Crippen LogP contribution in [0.2, 0.25) is 0 Å². The highest BCUT2D eigenvalue weighted by Gasteiger charge is 2.17. The molecule has 59 heavy (non-hydrogen) atoms. The predicted molar refractivity (Wildman–Crippen MR) is 251 cm³/mol. The van der Waals surface area contributed by atoms with Crippen LogP contribution >= 0.6 is 0 Å². The van der Waals surface area contributed by atoms with Gasteiger partial charge >= 0.3 is 0 Å². The number of rotatable bonds is 9. The molecule has 0 aliphatic rings. The van der Waals surface area contributed by atoms with Gasteiger partial charge in [-0.15, -0.1) is 0 Å². The van der Waals surface area contributed by atoms with Crippen LogP contribution in [0.25, 0.3) is 77.5 Å². The van der Waals surface area contributed by atoms with E-state index in [1.807, 2.05) is 0 Å². The van der Waals surface area contributed by atoms with Crippen LogP contribution in [0.4, 0.5) is 17.1 Å². The second-order valence-corrected chi connectivity index (χ2v) is 15.0. The van der Waals surface area contributed by atoms with E-state index in [0.717, 1.165) is 17.1 Å². The molecule has 0 unspecified atom stereocenters. The maximum Gasteiger partial charge on any atom is 0.0473 e. The molecule has 0 amide bonds. The average molecular weight is 752 g/mol. The van der Waals surface area contributed by atoms with Gasteiger partial charge in [0.1, 0.15) is 0 Å². The molecule has 0 saturated heterocycles. The van der Waals surface area contributed by atoms with Gasteiger partial charge in [0, 0.05) is 17.1 Å². The number of hydrogen-bond donors (Lipinski definition) is 0. The first-order valence-electron chi connectivity index (χ1n) is 20.2. The van der Waals surface area contributed by atoms with Crippen molar-refractivity contribution < 1.29 is 0 Å². The molecule has 1 nitrogen and oxygen atoms in total. The van der Waals surface area contributed by atoms with Crippen LogP contribution in [0.5, 0.6) is 0 Å². The third-order valence-electron chi connectivity index (χ3n) is 11.2. The first-order valence-corrected chi connectivity index (χ1v) is 20.2. The lowest BCUT2D eigenvalue weighted by Crippen LogP contribution is -2.10. The van der Waals surface area contributed by atoms with E-state index in [9.17, 15) is 0 Å². The van der Waals surface area contributed by atoms with Crippen molar-refractivity contribution in [3.8, 4) is 66.8 Å². The van der Waals surface area contributed by atoms with Gasteiger partial charge in [0.15, 0.2) is 0 Å². The molecule has 10 aromatic carbocycles. The van der Waals surface area contributed by atoms with Crippen molar-refractivity contribution in [2.45, 2.75) is 0 Å². The highest BCUT2D eigenvalue weighted by Crippen LogP contribution is 2.41. The lowest BCUT2D eigenvalue weighted by molar-refractivity contribution is 1.28. The molecule has 0 aliphatic carbocycles. The fraction of sp³-hybridized carbons (Fsp3) is 0. The van der Waals surface area contributed by atoms with E-state index in [0.29, 0.717) is 0 Å². The third kappa shape index (κ3) is 7.58. The summed E-state index contributed by atoms with van der Waals surface area (Å²) in [5, 5.41) is 2.52. The Kier molecular flexibility index (Phi) is 9.68. The topological polar surface area (TPSA) is 3.24 Å². The van der Waals surface area contributed by atoms with Crippen molar-refractivity contribution in [1.82, 2.24) is 0 Å². The summed E-state index contributed by atoms with van der Waals surface area (Å²) in [6.45, 7) is 0. The van der Waals surface area contributed by atoms with Gasteiger partial charge in [0.2, 0.25) is 0 Å². The minimum atomic E-state index is 1.09. The molecule has 10 rings (SSSR count). The van der Waals surface area contributed by atoms with E-state index in [-0.39, 0.29) is 0 Å². The van der Waals surface area contributed by atoms with Gasteiger partial charge in [-0.3, -0.25) is 0 Å². The van der Waals surface area contributed by atoms with Gasteiger partial charge in [-0.2, -0.15) is 0 Å². The normalized spacial score (nSPS) is 11.1. The molecule has 278 valence electrons. The van der Waals surface area contributed by atoms with E-state index in [4.69, 9.17) is 0 Å². The number of fused-ring (bicyclic) bond motifs is 1. The molecule has 0 spiro atoms. The Morgan fingerprint density at radius 3 is 1.12 bits per heavy atom. The van der Waals surface area contributed by atoms with Crippen LogP contribution in [0, 0.1) is 0 Å². The standard InChI is InChI=1S/C58H41N/c1-4-14-42(15-5-1)52-24-13-25-57(39-52)59(58-40-54(43-16-6-2-7-17-43)38-55(41-58)44-18-8-3-9-19-44)56-34-32-47(33-35-56)46-26-28-48(29-27-46)50-22-12-23-51(36-50)53-31-30-45-20-10-11-21-49(45)37-53/h1-41H. The average Bonchev–Trinajstić information content (AvgIpc) is 3.33. The van der Waals surface area contributed by atoms with Crippen molar-refractivity contribution in [2.75, 3.05) is 4.90 Å². The van der Waals surface area contributed by atoms with Gasteiger partial charge < -0.3 is 4.90 Å². The lowest BCUT2D eigenvalue weighted by atomic mass is 9.96. The van der Waals surface area contributed by atoms with Crippen molar-refractivity contribution in [1.29, 1.82) is 0 Å². The van der Waals surface area contributed by atoms with Crippen LogP contribution in [0.15, 0.2) is 249 Å². The van der Waals surface area contributed by atoms with Crippen molar-refractivity contribution in [2.24, 2.45) is 0 Å². The molecular weight excluding hydrogens is 711 g/mol. The van der Waals surface area contributed by atoms with Crippen LogP contribution in [0.1, 0.15) is 0 Å². The Morgan fingerprint density at radius 1 is 0.169 bits per heavy atom. The van der Waals surface area contributed by atoms with Crippen molar-refractivity contribution in [3.05, 3.63) is 249 Å². The first-order chi connectivity index (χ1) is 29.2. The Hall–Kier alpha value is -7.74. The monoisotopic (exact) mass is 751 g/mol. The summed E-state index contributed by atoms with van der Waals surface area (Å²) in [6, 6.07) is 89.9. The molecular formula is C58H41N. The summed E-state index contributed by atoms with van der Waals surface area (Å²) in [7, 11) is 0. The molecule has 0 atom stereocenters. The van der Waals surface area contributed by atoms with Crippen molar-refractivity contribution in [3.63, 3.8) is 0 Å². The zero-order valence-electron chi connectivity index (χ0n) is 32.6. The lowest BCUT2D eigenvalue weighted by Gasteiger charge is -2.27. The van der Waals surface area contributed by atoms with E-state index < -0.39 is 0 Å². The van der Waals surface area contributed by atoms with Gasteiger partial charge in [-0.25, -0.2) is 0 Å². The minimum absolute atomic E-state index is 1.09. The molecule has 0 aliphatic heterocycles. The predicted octanol–water partition coefficient (Wildman–Crippen LogP) is 16.3. The zero-order chi connectivity index (χ0) is 39.4. The number of benzene rings is 10. The van der Waals surface area contributed by atoms with Crippen LogP contribution < -0.4 is 4.90 Å². The molecule has 0 aromatic heterocycles. The van der Waals surface area contributed by atoms with Crippen LogP contribution in [-0.2, 0) is 0 Å². The number of anilines is 3. The van der Waals surface area contributed by atoms with E-state index >= 15 is 0 Å². The van der Waals surface area contributed by atoms with Crippen LogP contribution in [0.3, 0.4) is 0 Å². The summed E-state index contributed by atoms with van der Waals surface area (Å²) in [6.07, 6.45) is 0. The molecule has 0 radical (unpaired) electrons. The summed E-state index contributed by atoms with van der Waals surface area (Å²) in [5.41, 5.74) is 17.6. The molecule has 0 saturated carbocycles. The zero-order valence-corrected chi connectivity index (χ0v) is 32.6. The number of nitrogens with zero attached hydrogens (tertiary/aromatic N) is 1.